The van der Waals surface area contributed by atoms with Gasteiger partial charge in [-0.2, -0.15) is 0 Å². The molecule has 1 saturated heterocycles. The van der Waals surface area contributed by atoms with Crippen LogP contribution in [0.3, 0.4) is 0 Å². The molecule has 1 fully saturated rings. The summed E-state index contributed by atoms with van der Waals surface area (Å²) < 4.78 is 0. The van der Waals surface area contributed by atoms with E-state index in [9.17, 15) is 0 Å². The highest BCUT2D eigenvalue weighted by molar-refractivity contribution is 8.21. The first kappa shape index (κ1) is 24.7. The number of rotatable bonds is 6. The van der Waals surface area contributed by atoms with Crippen LogP contribution in [0.5, 0.6) is 0 Å². The van der Waals surface area contributed by atoms with Gasteiger partial charge in [0.2, 0.25) is 0 Å². The number of fused-ring (bicyclic) bond motifs is 1. The number of aliphatic imine (C=N–C) groups is 1. The lowest BCUT2D eigenvalue weighted by Gasteiger charge is -2.14. The van der Waals surface area contributed by atoms with Crippen molar-refractivity contribution in [2.45, 2.75) is 26.3 Å². The van der Waals surface area contributed by atoms with Crippen molar-refractivity contribution in [2.75, 3.05) is 32.5 Å². The van der Waals surface area contributed by atoms with Crippen LogP contribution < -0.4 is 5.32 Å². The number of aromatic nitrogens is 1. The summed E-state index contributed by atoms with van der Waals surface area (Å²) >= 11 is 1.60. The van der Waals surface area contributed by atoms with E-state index in [1.807, 2.05) is 32.3 Å². The van der Waals surface area contributed by atoms with Gasteiger partial charge in [0.1, 0.15) is 5.82 Å². The summed E-state index contributed by atoms with van der Waals surface area (Å²) in [7, 11) is 3.66. The van der Waals surface area contributed by atoms with E-state index in [2.05, 4.69) is 75.8 Å². The topological polar surface area (TPSA) is 40.5 Å². The molecular formula is C28H34N4S. The summed E-state index contributed by atoms with van der Waals surface area (Å²) in [5, 5.41) is 6.34. The maximum Gasteiger partial charge on any atom is 0.126 e. The summed E-state index contributed by atoms with van der Waals surface area (Å²) in [6.07, 6.45) is 6.51. The van der Waals surface area contributed by atoms with Gasteiger partial charge >= 0.3 is 0 Å². The van der Waals surface area contributed by atoms with E-state index in [-0.39, 0.29) is 0 Å². The lowest BCUT2D eigenvalue weighted by molar-refractivity contribution is 0.331. The second-order valence-electron chi connectivity index (χ2n) is 8.08. The summed E-state index contributed by atoms with van der Waals surface area (Å²) in [5.74, 6) is 0.870. The second kappa shape index (κ2) is 12.4. The molecule has 1 aliphatic heterocycles. The Bertz CT molecular complexity index is 1130. The summed E-state index contributed by atoms with van der Waals surface area (Å²) in [5.41, 5.74) is 3.75. The number of hydrogen-bond acceptors (Lipinski definition) is 5. The van der Waals surface area contributed by atoms with E-state index in [0.29, 0.717) is 0 Å². The van der Waals surface area contributed by atoms with Crippen LogP contribution in [0.1, 0.15) is 36.5 Å². The van der Waals surface area contributed by atoms with Gasteiger partial charge in [0.05, 0.1) is 5.04 Å². The third kappa shape index (κ3) is 7.31. The van der Waals surface area contributed by atoms with Crippen molar-refractivity contribution in [3.05, 3.63) is 84.6 Å². The van der Waals surface area contributed by atoms with Crippen LogP contribution in [0, 0.1) is 0 Å². The predicted octanol–water partition coefficient (Wildman–Crippen LogP) is 6.95. The lowest BCUT2D eigenvalue weighted by atomic mass is 10.1. The first-order valence-electron chi connectivity index (χ1n) is 11.3. The number of hydrogen-bond donors (Lipinski definition) is 1. The normalized spacial score (nSPS) is 14.0. The second-order valence-corrected chi connectivity index (χ2v) is 9.37. The number of anilines is 1. The van der Waals surface area contributed by atoms with Crippen molar-refractivity contribution in [3.8, 4) is 0 Å². The molecule has 4 rings (SSSR count). The molecule has 0 unspecified atom stereocenters. The quantitative estimate of drug-likeness (QED) is 0.320. The van der Waals surface area contributed by atoms with Crippen molar-refractivity contribution in [3.63, 3.8) is 0 Å². The van der Waals surface area contributed by atoms with E-state index in [1.54, 1.807) is 18.8 Å². The average Bonchev–Trinajstić information content (AvgIpc) is 3.36. The fourth-order valence-electron chi connectivity index (χ4n) is 3.75. The SMILES string of the molecule is C=C(SC(C)=NC)c1ccc2cnc(NC)cc2c1.C=Cc1cccc(CN2CCCC2)c1. The third-order valence-electron chi connectivity index (χ3n) is 5.68. The smallest absolute Gasteiger partial charge is 0.126 e. The van der Waals surface area contributed by atoms with Crippen molar-refractivity contribution in [1.82, 2.24) is 9.88 Å². The number of benzene rings is 2. The van der Waals surface area contributed by atoms with Gasteiger partial charge in [-0.25, -0.2) is 4.98 Å². The molecule has 0 spiro atoms. The molecule has 1 aliphatic rings. The predicted molar refractivity (Wildman–Crippen MR) is 148 cm³/mol. The van der Waals surface area contributed by atoms with Crippen LogP contribution >= 0.6 is 11.8 Å². The zero-order valence-electron chi connectivity index (χ0n) is 20.0. The monoisotopic (exact) mass is 458 g/mol. The number of nitrogens with one attached hydrogen (secondary N) is 1. The minimum absolute atomic E-state index is 0.870. The number of pyridine rings is 1. The van der Waals surface area contributed by atoms with Crippen molar-refractivity contribution >= 4 is 44.4 Å². The fourth-order valence-corrected chi connectivity index (χ4v) is 4.44. The zero-order valence-corrected chi connectivity index (χ0v) is 20.8. The Kier molecular flexibility index (Phi) is 9.28. The van der Waals surface area contributed by atoms with Crippen molar-refractivity contribution < 1.29 is 0 Å². The number of nitrogens with zero attached hydrogens (tertiary/aromatic N) is 3. The van der Waals surface area contributed by atoms with Crippen LogP contribution in [-0.4, -0.2) is 42.1 Å². The van der Waals surface area contributed by atoms with E-state index in [0.717, 1.165) is 38.6 Å². The van der Waals surface area contributed by atoms with Gasteiger partial charge in [-0.05, 0) is 67.1 Å². The van der Waals surface area contributed by atoms with E-state index in [1.165, 1.54) is 37.1 Å². The largest absolute Gasteiger partial charge is 0.373 e. The minimum atomic E-state index is 0.870. The highest BCUT2D eigenvalue weighted by Gasteiger charge is 2.11. The zero-order chi connectivity index (χ0) is 23.6. The fraction of sp³-hybridized carbons (Fsp3) is 0.286. The molecule has 3 aromatic rings. The summed E-state index contributed by atoms with van der Waals surface area (Å²) in [4.78, 5) is 12.0. The molecule has 0 amide bonds. The molecule has 0 bridgehead atoms. The number of likely N-dealkylation sites (tertiary alicyclic amines) is 1. The Labute approximate surface area is 202 Å². The molecule has 0 atom stereocenters. The molecular weight excluding hydrogens is 424 g/mol. The third-order valence-corrected chi connectivity index (χ3v) is 6.64. The van der Waals surface area contributed by atoms with Crippen LogP contribution in [0.2, 0.25) is 0 Å². The highest BCUT2D eigenvalue weighted by atomic mass is 32.2. The van der Waals surface area contributed by atoms with E-state index in [4.69, 9.17) is 0 Å². The Morgan fingerprint density at radius 3 is 2.64 bits per heavy atom. The van der Waals surface area contributed by atoms with Gasteiger partial charge in [0.25, 0.3) is 0 Å². The summed E-state index contributed by atoms with van der Waals surface area (Å²) in [6.45, 7) is 13.5. The first-order valence-corrected chi connectivity index (χ1v) is 12.2. The maximum atomic E-state index is 4.30. The Balaban J connectivity index is 0.000000194. The Morgan fingerprint density at radius 1 is 1.15 bits per heavy atom. The van der Waals surface area contributed by atoms with Crippen LogP contribution in [0.15, 0.2) is 72.9 Å². The molecule has 0 saturated carbocycles. The Morgan fingerprint density at radius 2 is 1.94 bits per heavy atom. The molecule has 4 nitrogen and oxygen atoms in total. The van der Waals surface area contributed by atoms with Crippen LogP contribution in [-0.2, 0) is 6.54 Å². The lowest BCUT2D eigenvalue weighted by Crippen LogP contribution is -2.18. The van der Waals surface area contributed by atoms with Gasteiger partial charge < -0.3 is 5.32 Å². The van der Waals surface area contributed by atoms with Crippen LogP contribution in [0.4, 0.5) is 5.82 Å². The van der Waals surface area contributed by atoms with Gasteiger partial charge in [0, 0.05) is 37.1 Å². The maximum absolute atomic E-state index is 4.30. The van der Waals surface area contributed by atoms with Gasteiger partial charge in [0.15, 0.2) is 0 Å². The molecule has 172 valence electrons. The molecule has 0 radical (unpaired) electrons. The first-order chi connectivity index (χ1) is 16.0. The average molecular weight is 459 g/mol. The molecule has 1 aromatic heterocycles. The molecule has 5 heteroatoms. The van der Waals surface area contributed by atoms with Crippen molar-refractivity contribution in [2.24, 2.45) is 4.99 Å². The van der Waals surface area contributed by atoms with Gasteiger partial charge in [-0.3, -0.25) is 9.89 Å². The van der Waals surface area contributed by atoms with E-state index < -0.39 is 0 Å². The van der Waals surface area contributed by atoms with Gasteiger partial charge in [-0.15, -0.1) is 0 Å². The molecule has 2 heterocycles. The molecule has 2 aromatic carbocycles. The standard InChI is InChI=1S/C15H17N3S.C13H17N/c1-10(19-11(2)16-3)12-5-6-13-9-18-15(17-4)8-14(13)7-12;1-2-12-6-5-7-13(10-12)11-14-8-3-4-9-14/h5-9H,1H2,2-4H3,(H,17,18);2,5-7,10H,1,3-4,8-9,11H2. The van der Waals surface area contributed by atoms with Gasteiger partial charge in [-0.1, -0.05) is 67.4 Å². The molecule has 33 heavy (non-hydrogen) atoms. The molecule has 1 N–H and O–H groups in total. The minimum Gasteiger partial charge on any atom is -0.373 e. The Hall–Kier alpha value is -2.89. The highest BCUT2D eigenvalue weighted by Crippen LogP contribution is 2.29. The summed E-state index contributed by atoms with van der Waals surface area (Å²) in [6, 6.07) is 17.0. The van der Waals surface area contributed by atoms with E-state index >= 15 is 0 Å². The number of thioether (sulfide) groups is 1. The molecule has 0 aliphatic carbocycles. The van der Waals surface area contributed by atoms with Crippen molar-refractivity contribution in [1.29, 1.82) is 0 Å². The van der Waals surface area contributed by atoms with Crippen LogP contribution in [0.25, 0.3) is 21.8 Å².